The SMILES string of the molecule is COC(=O)CCC(O)c1ccccc1[N+](=O)[O-]. The molecule has 92 valence electrons. The van der Waals surface area contributed by atoms with Crippen molar-refractivity contribution >= 4 is 11.7 Å². The number of hydrogen-bond donors (Lipinski definition) is 1. The zero-order valence-electron chi connectivity index (χ0n) is 9.33. The Bertz CT molecular complexity index is 418. The highest BCUT2D eigenvalue weighted by molar-refractivity contribution is 5.69. The van der Waals surface area contributed by atoms with Crippen molar-refractivity contribution in [1.29, 1.82) is 0 Å². The van der Waals surface area contributed by atoms with Crippen molar-refractivity contribution in [2.24, 2.45) is 0 Å². The van der Waals surface area contributed by atoms with Gasteiger partial charge < -0.3 is 9.84 Å². The van der Waals surface area contributed by atoms with E-state index in [2.05, 4.69) is 4.74 Å². The van der Waals surface area contributed by atoms with Crippen molar-refractivity contribution in [2.45, 2.75) is 18.9 Å². The molecule has 1 rings (SSSR count). The summed E-state index contributed by atoms with van der Waals surface area (Å²) in [5, 5.41) is 20.5. The standard InChI is InChI=1S/C11H13NO5/c1-17-11(14)7-6-10(13)8-4-2-3-5-9(8)12(15)16/h2-5,10,13H,6-7H2,1H3. The van der Waals surface area contributed by atoms with Crippen LogP contribution in [0.1, 0.15) is 24.5 Å². The third-order valence-electron chi connectivity index (χ3n) is 2.34. The molecule has 0 aliphatic rings. The van der Waals surface area contributed by atoms with Crippen LogP contribution in [0.25, 0.3) is 0 Å². The van der Waals surface area contributed by atoms with Gasteiger partial charge in [-0.1, -0.05) is 12.1 Å². The molecule has 0 saturated carbocycles. The number of hydrogen-bond acceptors (Lipinski definition) is 5. The van der Waals surface area contributed by atoms with Gasteiger partial charge in [-0.05, 0) is 12.5 Å². The number of carbonyl (C=O) groups is 1. The maximum atomic E-state index is 10.9. The predicted molar refractivity (Wildman–Crippen MR) is 59.3 cm³/mol. The number of para-hydroxylation sites is 1. The van der Waals surface area contributed by atoms with E-state index in [9.17, 15) is 20.0 Å². The molecule has 1 aromatic carbocycles. The topological polar surface area (TPSA) is 89.7 Å². The largest absolute Gasteiger partial charge is 0.469 e. The molecule has 0 amide bonds. The molecule has 0 saturated heterocycles. The van der Waals surface area contributed by atoms with Gasteiger partial charge in [0.25, 0.3) is 5.69 Å². The second-order valence-corrected chi connectivity index (χ2v) is 3.45. The summed E-state index contributed by atoms with van der Waals surface area (Å²) < 4.78 is 4.43. The highest BCUT2D eigenvalue weighted by Crippen LogP contribution is 2.27. The number of aliphatic hydroxyl groups excluding tert-OH is 1. The summed E-state index contributed by atoms with van der Waals surface area (Å²) in [5.74, 6) is -0.456. The summed E-state index contributed by atoms with van der Waals surface area (Å²) in [6.45, 7) is 0. The number of aliphatic hydroxyl groups is 1. The van der Waals surface area contributed by atoms with Crippen LogP contribution >= 0.6 is 0 Å². The zero-order chi connectivity index (χ0) is 12.8. The van der Waals surface area contributed by atoms with Gasteiger partial charge in [-0.3, -0.25) is 14.9 Å². The summed E-state index contributed by atoms with van der Waals surface area (Å²) in [6, 6.07) is 5.91. The molecule has 0 bridgehead atoms. The lowest BCUT2D eigenvalue weighted by Crippen LogP contribution is -2.06. The van der Waals surface area contributed by atoms with Gasteiger partial charge in [0.2, 0.25) is 0 Å². The Morgan fingerprint density at radius 1 is 1.53 bits per heavy atom. The van der Waals surface area contributed by atoms with Crippen LogP contribution in [-0.2, 0) is 9.53 Å². The monoisotopic (exact) mass is 239 g/mol. The average molecular weight is 239 g/mol. The Kier molecular flexibility index (Phi) is 4.59. The number of nitrogens with zero attached hydrogens (tertiary/aromatic N) is 1. The van der Waals surface area contributed by atoms with Gasteiger partial charge in [0.05, 0.1) is 23.7 Å². The highest BCUT2D eigenvalue weighted by atomic mass is 16.6. The number of benzene rings is 1. The van der Waals surface area contributed by atoms with E-state index in [0.717, 1.165) is 0 Å². The van der Waals surface area contributed by atoms with Crippen molar-refractivity contribution < 1.29 is 19.6 Å². The summed E-state index contributed by atoms with van der Waals surface area (Å²) in [7, 11) is 1.25. The van der Waals surface area contributed by atoms with E-state index in [1.165, 1.54) is 25.3 Å². The summed E-state index contributed by atoms with van der Waals surface area (Å²) in [5.41, 5.74) is 0.0614. The number of methoxy groups -OCH3 is 1. The van der Waals surface area contributed by atoms with Gasteiger partial charge in [-0.15, -0.1) is 0 Å². The smallest absolute Gasteiger partial charge is 0.305 e. The fourth-order valence-electron chi connectivity index (χ4n) is 1.45. The normalized spacial score (nSPS) is 11.9. The lowest BCUT2D eigenvalue weighted by atomic mass is 10.0. The Labute approximate surface area is 98.0 Å². The second kappa shape index (κ2) is 5.95. The van der Waals surface area contributed by atoms with Crippen molar-refractivity contribution in [2.75, 3.05) is 7.11 Å². The van der Waals surface area contributed by atoms with Crippen LogP contribution in [0.4, 0.5) is 5.69 Å². The molecule has 1 unspecified atom stereocenters. The summed E-state index contributed by atoms with van der Waals surface area (Å²) in [6.07, 6.45) is -0.933. The molecular weight excluding hydrogens is 226 g/mol. The Morgan fingerprint density at radius 3 is 2.76 bits per heavy atom. The summed E-state index contributed by atoms with van der Waals surface area (Å²) >= 11 is 0. The van der Waals surface area contributed by atoms with Gasteiger partial charge in [0.15, 0.2) is 0 Å². The van der Waals surface area contributed by atoms with Crippen molar-refractivity contribution in [3.63, 3.8) is 0 Å². The zero-order valence-corrected chi connectivity index (χ0v) is 9.33. The highest BCUT2D eigenvalue weighted by Gasteiger charge is 2.20. The Balaban J connectivity index is 2.78. The molecule has 1 N–H and O–H groups in total. The molecule has 0 heterocycles. The van der Waals surface area contributed by atoms with Crippen LogP contribution in [0, 0.1) is 10.1 Å². The van der Waals surface area contributed by atoms with Gasteiger partial charge >= 0.3 is 5.97 Å². The molecule has 6 heteroatoms. The van der Waals surface area contributed by atoms with Gasteiger partial charge in [0, 0.05) is 12.5 Å². The lowest BCUT2D eigenvalue weighted by Gasteiger charge is -2.10. The molecule has 1 atom stereocenters. The van der Waals surface area contributed by atoms with E-state index in [1.54, 1.807) is 6.07 Å². The van der Waals surface area contributed by atoms with Gasteiger partial charge in [-0.25, -0.2) is 0 Å². The van der Waals surface area contributed by atoms with E-state index in [1.807, 2.05) is 0 Å². The van der Waals surface area contributed by atoms with E-state index in [4.69, 9.17) is 0 Å². The molecule has 6 nitrogen and oxygen atoms in total. The van der Waals surface area contributed by atoms with Crippen molar-refractivity contribution in [3.05, 3.63) is 39.9 Å². The predicted octanol–water partition coefficient (Wildman–Crippen LogP) is 1.58. The van der Waals surface area contributed by atoms with Crippen LogP contribution in [0.3, 0.4) is 0 Å². The van der Waals surface area contributed by atoms with Gasteiger partial charge in [-0.2, -0.15) is 0 Å². The second-order valence-electron chi connectivity index (χ2n) is 3.45. The van der Waals surface area contributed by atoms with Gasteiger partial charge in [0.1, 0.15) is 0 Å². The van der Waals surface area contributed by atoms with E-state index in [-0.39, 0.29) is 24.1 Å². The quantitative estimate of drug-likeness (QED) is 0.478. The van der Waals surface area contributed by atoms with E-state index in [0.29, 0.717) is 0 Å². The molecule has 0 spiro atoms. The maximum Gasteiger partial charge on any atom is 0.305 e. The number of nitro benzene ring substituents is 1. The number of nitro groups is 1. The van der Waals surface area contributed by atoms with Crippen LogP contribution in [0.2, 0.25) is 0 Å². The molecule has 0 radical (unpaired) electrons. The van der Waals surface area contributed by atoms with Crippen LogP contribution < -0.4 is 0 Å². The number of esters is 1. The van der Waals surface area contributed by atoms with Crippen LogP contribution in [0.5, 0.6) is 0 Å². The first kappa shape index (κ1) is 13.1. The third-order valence-corrected chi connectivity index (χ3v) is 2.34. The molecule has 0 aliphatic heterocycles. The van der Waals surface area contributed by atoms with Crippen molar-refractivity contribution in [3.8, 4) is 0 Å². The van der Waals surface area contributed by atoms with E-state index < -0.39 is 17.0 Å². The maximum absolute atomic E-state index is 10.9. The van der Waals surface area contributed by atoms with Crippen LogP contribution in [0.15, 0.2) is 24.3 Å². The molecule has 0 aliphatic carbocycles. The lowest BCUT2D eigenvalue weighted by molar-refractivity contribution is -0.386. The first-order valence-corrected chi connectivity index (χ1v) is 5.04. The molecular formula is C11H13NO5. The van der Waals surface area contributed by atoms with Crippen molar-refractivity contribution in [1.82, 2.24) is 0 Å². The third kappa shape index (κ3) is 3.53. The molecule has 1 aromatic rings. The van der Waals surface area contributed by atoms with E-state index >= 15 is 0 Å². The minimum Gasteiger partial charge on any atom is -0.469 e. The molecule has 17 heavy (non-hydrogen) atoms. The fourth-order valence-corrected chi connectivity index (χ4v) is 1.45. The first-order chi connectivity index (χ1) is 8.06. The number of ether oxygens (including phenoxy) is 1. The molecule has 0 fully saturated rings. The summed E-state index contributed by atoms with van der Waals surface area (Å²) in [4.78, 5) is 21.1. The number of carbonyl (C=O) groups excluding carboxylic acids is 1. The number of rotatable bonds is 5. The first-order valence-electron chi connectivity index (χ1n) is 5.04. The minimum atomic E-state index is -1.05. The Morgan fingerprint density at radius 2 is 2.18 bits per heavy atom. The fraction of sp³-hybridized carbons (Fsp3) is 0.364. The molecule has 0 aromatic heterocycles. The minimum absolute atomic E-state index is 0.0176. The van der Waals surface area contributed by atoms with Crippen LogP contribution in [-0.4, -0.2) is 23.1 Å². The Hall–Kier alpha value is -1.95. The average Bonchev–Trinajstić information content (AvgIpc) is 2.35.